The van der Waals surface area contributed by atoms with Gasteiger partial charge in [-0.2, -0.15) is 0 Å². The average Bonchev–Trinajstić information content (AvgIpc) is 2.42. The van der Waals surface area contributed by atoms with Crippen LogP contribution in [0.25, 0.3) is 0 Å². The van der Waals surface area contributed by atoms with Crippen molar-refractivity contribution in [3.63, 3.8) is 0 Å². The lowest BCUT2D eigenvalue weighted by Gasteiger charge is -2.19. The summed E-state index contributed by atoms with van der Waals surface area (Å²) in [7, 11) is 0. The zero-order valence-corrected chi connectivity index (χ0v) is 10.9. The molecule has 0 radical (unpaired) electrons. The van der Waals surface area contributed by atoms with E-state index in [1.165, 1.54) is 32.1 Å². The van der Waals surface area contributed by atoms with E-state index >= 15 is 0 Å². The largest absolute Gasteiger partial charge is 0.356 e. The Bertz CT molecular complexity index is 356. The van der Waals surface area contributed by atoms with E-state index in [0.717, 1.165) is 12.0 Å². The Hall–Kier alpha value is -1.64. The Morgan fingerprint density at radius 1 is 1.17 bits per heavy atom. The van der Waals surface area contributed by atoms with Crippen LogP contribution in [0.3, 0.4) is 0 Å². The summed E-state index contributed by atoms with van der Waals surface area (Å²) in [6.45, 7) is 1.56. The molecular formula is C15H21NO2. The highest BCUT2D eigenvalue weighted by Gasteiger charge is 2.10. The first-order valence-corrected chi connectivity index (χ1v) is 6.49. The molecule has 1 aliphatic rings. The Morgan fingerprint density at radius 3 is 2.22 bits per heavy atom. The molecule has 0 atom stereocenters. The fourth-order valence-corrected chi connectivity index (χ4v) is 2.04. The SMILES string of the molecule is CC(=O)c1ccccc1.O=CNC1CCCCC1. The van der Waals surface area contributed by atoms with Crippen LogP contribution in [-0.2, 0) is 4.79 Å². The van der Waals surface area contributed by atoms with E-state index in [1.807, 2.05) is 30.3 Å². The highest BCUT2D eigenvalue weighted by molar-refractivity contribution is 5.93. The molecule has 1 aliphatic carbocycles. The average molecular weight is 247 g/mol. The van der Waals surface area contributed by atoms with Gasteiger partial charge in [-0.05, 0) is 19.8 Å². The Labute approximate surface area is 109 Å². The molecule has 0 aromatic heterocycles. The Balaban J connectivity index is 0.000000180. The molecule has 3 nitrogen and oxygen atoms in total. The van der Waals surface area contributed by atoms with Crippen LogP contribution in [0.15, 0.2) is 30.3 Å². The molecule has 0 saturated heterocycles. The summed E-state index contributed by atoms with van der Waals surface area (Å²) < 4.78 is 0. The van der Waals surface area contributed by atoms with E-state index in [-0.39, 0.29) is 5.78 Å². The maximum atomic E-state index is 10.6. The first-order chi connectivity index (χ1) is 8.74. The molecule has 0 aliphatic heterocycles. The molecule has 0 spiro atoms. The number of hydrogen-bond acceptors (Lipinski definition) is 2. The van der Waals surface area contributed by atoms with Crippen molar-refractivity contribution in [3.8, 4) is 0 Å². The molecule has 2 rings (SSSR count). The van der Waals surface area contributed by atoms with E-state index in [4.69, 9.17) is 0 Å². The van der Waals surface area contributed by atoms with E-state index in [9.17, 15) is 9.59 Å². The van der Waals surface area contributed by atoms with Gasteiger partial charge < -0.3 is 5.32 Å². The molecule has 98 valence electrons. The van der Waals surface area contributed by atoms with Crippen molar-refractivity contribution in [2.45, 2.75) is 45.1 Å². The van der Waals surface area contributed by atoms with Gasteiger partial charge in [-0.1, -0.05) is 49.6 Å². The van der Waals surface area contributed by atoms with Gasteiger partial charge in [0.25, 0.3) is 0 Å². The maximum Gasteiger partial charge on any atom is 0.207 e. The number of Topliss-reactive ketones (excluding diaryl/α,β-unsaturated/α-hetero) is 1. The topological polar surface area (TPSA) is 46.2 Å². The van der Waals surface area contributed by atoms with Gasteiger partial charge in [0.2, 0.25) is 6.41 Å². The minimum Gasteiger partial charge on any atom is -0.356 e. The van der Waals surface area contributed by atoms with E-state index in [0.29, 0.717) is 6.04 Å². The zero-order valence-electron chi connectivity index (χ0n) is 10.9. The van der Waals surface area contributed by atoms with E-state index < -0.39 is 0 Å². The molecule has 1 saturated carbocycles. The third kappa shape index (κ3) is 5.62. The number of ketones is 1. The van der Waals surface area contributed by atoms with Crippen molar-refractivity contribution in [2.75, 3.05) is 0 Å². The summed E-state index contributed by atoms with van der Waals surface area (Å²) in [6.07, 6.45) is 7.08. The summed E-state index contributed by atoms with van der Waals surface area (Å²) in [6, 6.07) is 9.71. The summed E-state index contributed by atoms with van der Waals surface area (Å²) in [5.41, 5.74) is 0.775. The molecule has 0 heterocycles. The van der Waals surface area contributed by atoms with Crippen LogP contribution in [0.4, 0.5) is 0 Å². The van der Waals surface area contributed by atoms with Crippen LogP contribution in [0.5, 0.6) is 0 Å². The van der Waals surface area contributed by atoms with Gasteiger partial charge in [0.15, 0.2) is 5.78 Å². The van der Waals surface area contributed by atoms with Crippen molar-refractivity contribution in [1.29, 1.82) is 0 Å². The number of benzene rings is 1. The third-order valence-corrected chi connectivity index (χ3v) is 3.09. The minimum absolute atomic E-state index is 0.121. The molecule has 3 heteroatoms. The van der Waals surface area contributed by atoms with Crippen LogP contribution in [0, 0.1) is 0 Å². The molecule has 1 N–H and O–H groups in total. The van der Waals surface area contributed by atoms with Crippen molar-refractivity contribution in [1.82, 2.24) is 5.32 Å². The molecule has 1 aromatic rings. The number of hydrogen-bond donors (Lipinski definition) is 1. The first-order valence-electron chi connectivity index (χ1n) is 6.49. The molecule has 0 unspecified atom stereocenters. The van der Waals surface area contributed by atoms with Crippen molar-refractivity contribution < 1.29 is 9.59 Å². The number of carbonyl (C=O) groups excluding carboxylic acids is 2. The summed E-state index contributed by atoms with van der Waals surface area (Å²) >= 11 is 0. The Morgan fingerprint density at radius 2 is 1.78 bits per heavy atom. The number of amides is 1. The van der Waals surface area contributed by atoms with Gasteiger partial charge in [-0.3, -0.25) is 9.59 Å². The van der Waals surface area contributed by atoms with Crippen molar-refractivity contribution in [2.24, 2.45) is 0 Å². The first kappa shape index (κ1) is 14.4. The predicted octanol–water partition coefficient (Wildman–Crippen LogP) is 2.95. The quantitative estimate of drug-likeness (QED) is 0.659. The Kier molecular flexibility index (Phi) is 6.77. The molecule has 1 amide bonds. The maximum absolute atomic E-state index is 10.6. The number of rotatable bonds is 3. The van der Waals surface area contributed by atoms with Gasteiger partial charge in [0.05, 0.1) is 0 Å². The molecular weight excluding hydrogens is 226 g/mol. The van der Waals surface area contributed by atoms with Gasteiger partial charge in [-0.25, -0.2) is 0 Å². The second-order valence-corrected chi connectivity index (χ2v) is 4.54. The number of nitrogens with one attached hydrogen (secondary N) is 1. The minimum atomic E-state index is 0.121. The smallest absolute Gasteiger partial charge is 0.207 e. The summed E-state index contributed by atoms with van der Waals surface area (Å²) in [5.74, 6) is 0.121. The normalized spacial score (nSPS) is 15.2. The van der Waals surface area contributed by atoms with Gasteiger partial charge >= 0.3 is 0 Å². The fourth-order valence-electron chi connectivity index (χ4n) is 2.04. The third-order valence-electron chi connectivity index (χ3n) is 3.09. The number of carbonyl (C=O) groups is 2. The van der Waals surface area contributed by atoms with Gasteiger partial charge in [-0.15, -0.1) is 0 Å². The highest BCUT2D eigenvalue weighted by atomic mass is 16.1. The summed E-state index contributed by atoms with van der Waals surface area (Å²) in [4.78, 5) is 20.6. The standard InChI is InChI=1S/C8H8O.C7H13NO/c1-7(9)8-5-3-2-4-6-8;9-6-8-7-4-2-1-3-5-7/h2-6H,1H3;6-7H,1-5H2,(H,8,9). The molecule has 1 fully saturated rings. The van der Waals surface area contributed by atoms with Gasteiger partial charge in [0, 0.05) is 11.6 Å². The van der Waals surface area contributed by atoms with E-state index in [1.54, 1.807) is 6.92 Å². The predicted molar refractivity (Wildman–Crippen MR) is 72.5 cm³/mol. The van der Waals surface area contributed by atoms with Crippen LogP contribution in [-0.4, -0.2) is 18.2 Å². The van der Waals surface area contributed by atoms with Crippen molar-refractivity contribution in [3.05, 3.63) is 35.9 Å². The second kappa shape index (κ2) is 8.45. The summed E-state index contributed by atoms with van der Waals surface area (Å²) in [5, 5.41) is 2.80. The van der Waals surface area contributed by atoms with Crippen molar-refractivity contribution >= 4 is 12.2 Å². The zero-order chi connectivity index (χ0) is 13.2. The lowest BCUT2D eigenvalue weighted by molar-refractivity contribution is -0.110. The lowest BCUT2D eigenvalue weighted by Crippen LogP contribution is -2.29. The van der Waals surface area contributed by atoms with E-state index in [2.05, 4.69) is 5.32 Å². The fraction of sp³-hybridized carbons (Fsp3) is 0.467. The van der Waals surface area contributed by atoms with Crippen LogP contribution in [0.2, 0.25) is 0 Å². The molecule has 0 bridgehead atoms. The monoisotopic (exact) mass is 247 g/mol. The lowest BCUT2D eigenvalue weighted by atomic mass is 9.96. The second-order valence-electron chi connectivity index (χ2n) is 4.54. The molecule has 1 aromatic carbocycles. The van der Waals surface area contributed by atoms with Crippen LogP contribution < -0.4 is 5.32 Å². The van der Waals surface area contributed by atoms with Crippen LogP contribution in [0.1, 0.15) is 49.4 Å². The van der Waals surface area contributed by atoms with Gasteiger partial charge in [0.1, 0.15) is 0 Å². The highest BCUT2D eigenvalue weighted by Crippen LogP contribution is 2.16. The molecule has 18 heavy (non-hydrogen) atoms. The van der Waals surface area contributed by atoms with Crippen LogP contribution >= 0.6 is 0 Å².